The van der Waals surface area contributed by atoms with Gasteiger partial charge in [0.25, 0.3) is 5.91 Å². The molecule has 2 heterocycles. The Balaban J connectivity index is 1.42. The van der Waals surface area contributed by atoms with Crippen LogP contribution in [0.5, 0.6) is 0 Å². The van der Waals surface area contributed by atoms with E-state index >= 15 is 0 Å². The molecule has 0 aliphatic carbocycles. The van der Waals surface area contributed by atoms with E-state index in [1.54, 1.807) is 29.2 Å². The number of carbonyl (C=O) groups is 2. The number of hydrogen-bond donors (Lipinski definition) is 1. The number of nitrogens with one attached hydrogen (secondary N) is 1. The summed E-state index contributed by atoms with van der Waals surface area (Å²) in [6, 6.07) is 15.0. The molecule has 0 saturated carbocycles. The fraction of sp³-hybridized carbons (Fsp3) is 0.292. The fourth-order valence-electron chi connectivity index (χ4n) is 3.79. The van der Waals surface area contributed by atoms with Crippen molar-refractivity contribution < 1.29 is 9.59 Å². The molecule has 0 atom stereocenters. The minimum Gasteiger partial charge on any atom is -0.339 e. The van der Waals surface area contributed by atoms with Crippen LogP contribution in [-0.4, -0.2) is 55.3 Å². The van der Waals surface area contributed by atoms with Crippen LogP contribution in [0.25, 0.3) is 22.1 Å². The maximum atomic E-state index is 12.4. The summed E-state index contributed by atoms with van der Waals surface area (Å²) in [5, 5.41) is 12.9. The number of rotatable bonds is 8. The van der Waals surface area contributed by atoms with Crippen LogP contribution < -0.4 is 5.32 Å². The lowest BCUT2D eigenvalue weighted by molar-refractivity contribution is -0.113. The van der Waals surface area contributed by atoms with Crippen molar-refractivity contribution in [3.63, 3.8) is 0 Å². The first kappa shape index (κ1) is 22.7. The third-order valence-electron chi connectivity index (χ3n) is 5.47. The maximum Gasteiger partial charge on any atom is 0.253 e. The number of thioether (sulfide) groups is 1. The van der Waals surface area contributed by atoms with E-state index in [1.807, 2.05) is 38.1 Å². The van der Waals surface area contributed by atoms with E-state index in [2.05, 4.69) is 32.0 Å². The van der Waals surface area contributed by atoms with Gasteiger partial charge in [-0.2, -0.15) is 0 Å². The van der Waals surface area contributed by atoms with Crippen LogP contribution in [0.3, 0.4) is 0 Å². The van der Waals surface area contributed by atoms with E-state index in [-0.39, 0.29) is 17.6 Å². The van der Waals surface area contributed by atoms with Gasteiger partial charge in [0, 0.05) is 36.3 Å². The third kappa shape index (κ3) is 4.68. The molecule has 0 aliphatic heterocycles. The van der Waals surface area contributed by atoms with Crippen molar-refractivity contribution in [2.45, 2.75) is 32.5 Å². The molecule has 0 bridgehead atoms. The average molecular weight is 463 g/mol. The van der Waals surface area contributed by atoms with Gasteiger partial charge < -0.3 is 14.8 Å². The first-order valence-corrected chi connectivity index (χ1v) is 12.0. The normalized spacial score (nSPS) is 11.1. The third-order valence-corrected chi connectivity index (χ3v) is 6.31. The highest BCUT2D eigenvalue weighted by Crippen LogP contribution is 2.27. The fourth-order valence-corrected chi connectivity index (χ4v) is 4.37. The Hall–Kier alpha value is -3.46. The van der Waals surface area contributed by atoms with Gasteiger partial charge >= 0.3 is 0 Å². The highest BCUT2D eigenvalue weighted by Gasteiger charge is 2.15. The second-order valence-electron chi connectivity index (χ2n) is 7.42. The van der Waals surface area contributed by atoms with Gasteiger partial charge in [-0.05, 0) is 51.1 Å². The average Bonchev–Trinajstić information content (AvgIpc) is 3.16. The molecule has 0 fully saturated rings. The molecular formula is C24H26N6O2S. The molecule has 33 heavy (non-hydrogen) atoms. The van der Waals surface area contributed by atoms with Crippen LogP contribution in [0.2, 0.25) is 0 Å². The number of aryl methyl sites for hydroxylation is 1. The molecule has 8 nitrogen and oxygen atoms in total. The van der Waals surface area contributed by atoms with E-state index in [0.717, 1.165) is 28.6 Å². The first-order chi connectivity index (χ1) is 16.0. The number of amides is 2. The zero-order chi connectivity index (χ0) is 23.4. The Morgan fingerprint density at radius 1 is 1.00 bits per heavy atom. The zero-order valence-electron chi connectivity index (χ0n) is 18.9. The highest BCUT2D eigenvalue weighted by atomic mass is 32.2. The van der Waals surface area contributed by atoms with E-state index < -0.39 is 0 Å². The number of nitrogens with zero attached hydrogens (tertiary/aromatic N) is 5. The molecule has 0 unspecified atom stereocenters. The van der Waals surface area contributed by atoms with Gasteiger partial charge in [-0.1, -0.05) is 30.0 Å². The molecule has 4 rings (SSSR count). The van der Waals surface area contributed by atoms with E-state index in [0.29, 0.717) is 29.5 Å². The summed E-state index contributed by atoms with van der Waals surface area (Å²) in [5.41, 5.74) is 3.84. The van der Waals surface area contributed by atoms with Gasteiger partial charge in [0.1, 0.15) is 5.52 Å². The predicted molar refractivity (Wildman–Crippen MR) is 132 cm³/mol. The minimum absolute atomic E-state index is 0.0158. The molecule has 2 aromatic carbocycles. The van der Waals surface area contributed by atoms with Gasteiger partial charge in [-0.15, -0.1) is 10.2 Å². The number of carbonyl (C=O) groups excluding carboxylic acids is 2. The summed E-state index contributed by atoms with van der Waals surface area (Å²) in [5.74, 6) is -0.0415. The van der Waals surface area contributed by atoms with Crippen LogP contribution in [-0.2, 0) is 11.3 Å². The van der Waals surface area contributed by atoms with E-state index in [1.165, 1.54) is 11.8 Å². The predicted octanol–water partition coefficient (Wildman–Crippen LogP) is 4.21. The van der Waals surface area contributed by atoms with Crippen molar-refractivity contribution in [3.05, 3.63) is 54.1 Å². The topological polar surface area (TPSA) is 93.0 Å². The molecule has 9 heteroatoms. The molecule has 170 valence electrons. The van der Waals surface area contributed by atoms with Gasteiger partial charge in [-0.25, -0.2) is 4.98 Å². The Kier molecular flexibility index (Phi) is 6.88. The molecule has 0 radical (unpaired) electrons. The standard InChI is InChI=1S/C24H26N6O2S/c1-4-29(5-2)23(32)16-11-13-17(14-12-16)25-20(31)15-33-24-26-22-21(27-28-24)18-9-7-8-10-19(18)30(22)6-3/h7-14H,4-6,15H2,1-3H3,(H,25,31). The first-order valence-electron chi connectivity index (χ1n) is 11.0. The lowest BCUT2D eigenvalue weighted by Gasteiger charge is -2.18. The number of benzene rings is 2. The number of aromatic nitrogens is 4. The van der Waals surface area contributed by atoms with E-state index in [9.17, 15) is 9.59 Å². The Morgan fingerprint density at radius 2 is 1.73 bits per heavy atom. The zero-order valence-corrected chi connectivity index (χ0v) is 19.7. The van der Waals surface area contributed by atoms with Crippen molar-refractivity contribution in [2.75, 3.05) is 24.2 Å². The van der Waals surface area contributed by atoms with E-state index in [4.69, 9.17) is 0 Å². The van der Waals surface area contributed by atoms with Crippen molar-refractivity contribution in [3.8, 4) is 0 Å². The Bertz CT molecular complexity index is 1300. The molecule has 0 saturated heterocycles. The summed E-state index contributed by atoms with van der Waals surface area (Å²) < 4.78 is 2.10. The van der Waals surface area contributed by atoms with Crippen molar-refractivity contribution in [2.24, 2.45) is 0 Å². The second kappa shape index (κ2) is 9.99. The maximum absolute atomic E-state index is 12.4. The van der Waals surface area contributed by atoms with Gasteiger partial charge in [0.15, 0.2) is 5.65 Å². The molecule has 0 aliphatic rings. The summed E-state index contributed by atoms with van der Waals surface area (Å²) in [7, 11) is 0. The molecule has 0 spiro atoms. The summed E-state index contributed by atoms with van der Waals surface area (Å²) in [6.07, 6.45) is 0. The smallest absolute Gasteiger partial charge is 0.253 e. The quantitative estimate of drug-likeness (QED) is 0.394. The summed E-state index contributed by atoms with van der Waals surface area (Å²) in [6.45, 7) is 8.05. The molecule has 1 N–H and O–H groups in total. The lowest BCUT2D eigenvalue weighted by Crippen LogP contribution is -2.30. The van der Waals surface area contributed by atoms with Crippen molar-refractivity contribution in [1.29, 1.82) is 0 Å². The molecular weight excluding hydrogens is 436 g/mol. The van der Waals surface area contributed by atoms with Crippen LogP contribution in [0.4, 0.5) is 5.69 Å². The number of hydrogen-bond acceptors (Lipinski definition) is 6. The van der Waals surface area contributed by atoms with Crippen molar-refractivity contribution >= 4 is 51.3 Å². The Labute approximate surface area is 196 Å². The highest BCUT2D eigenvalue weighted by molar-refractivity contribution is 7.99. The number of para-hydroxylation sites is 1. The number of fused-ring (bicyclic) bond motifs is 3. The van der Waals surface area contributed by atoms with Gasteiger partial charge in [0.2, 0.25) is 11.1 Å². The monoisotopic (exact) mass is 462 g/mol. The molecule has 2 aromatic heterocycles. The molecule has 4 aromatic rings. The molecule has 2 amide bonds. The SMILES string of the molecule is CCN(CC)C(=O)c1ccc(NC(=O)CSc2nnc3c4ccccc4n(CC)c3n2)cc1. The lowest BCUT2D eigenvalue weighted by atomic mass is 10.2. The van der Waals surface area contributed by atoms with Crippen LogP contribution in [0.1, 0.15) is 31.1 Å². The largest absolute Gasteiger partial charge is 0.339 e. The van der Waals surface area contributed by atoms with Gasteiger partial charge in [0.05, 0.1) is 11.3 Å². The second-order valence-corrected chi connectivity index (χ2v) is 8.36. The minimum atomic E-state index is -0.178. The number of anilines is 1. The summed E-state index contributed by atoms with van der Waals surface area (Å²) >= 11 is 1.24. The van der Waals surface area contributed by atoms with Gasteiger partial charge in [-0.3, -0.25) is 9.59 Å². The van der Waals surface area contributed by atoms with Crippen LogP contribution in [0.15, 0.2) is 53.7 Å². The van der Waals surface area contributed by atoms with Crippen LogP contribution >= 0.6 is 11.8 Å². The van der Waals surface area contributed by atoms with Crippen molar-refractivity contribution in [1.82, 2.24) is 24.6 Å². The van der Waals surface area contributed by atoms with Crippen LogP contribution in [0, 0.1) is 0 Å². The summed E-state index contributed by atoms with van der Waals surface area (Å²) in [4.78, 5) is 31.3. The Morgan fingerprint density at radius 3 is 2.42 bits per heavy atom.